The Balaban J connectivity index is 1.92. The summed E-state index contributed by atoms with van der Waals surface area (Å²) in [6, 6.07) is 16.6. The third-order valence-electron chi connectivity index (χ3n) is 4.39. The fraction of sp³-hybridized carbons (Fsp3) is 0.143. The van der Waals surface area contributed by atoms with E-state index in [4.69, 9.17) is 0 Å². The summed E-state index contributed by atoms with van der Waals surface area (Å²) in [6.07, 6.45) is 8.16. The van der Waals surface area contributed by atoms with E-state index in [9.17, 15) is 0 Å². The van der Waals surface area contributed by atoms with Crippen LogP contribution in [0.3, 0.4) is 0 Å². The number of hydrogen-bond acceptors (Lipinski definition) is 2. The van der Waals surface area contributed by atoms with Crippen LogP contribution in [0.5, 0.6) is 0 Å². The summed E-state index contributed by atoms with van der Waals surface area (Å²) in [5, 5.41) is 0. The van der Waals surface area contributed by atoms with Gasteiger partial charge in [-0.2, -0.15) is 0 Å². The zero-order chi connectivity index (χ0) is 15.6. The van der Waals surface area contributed by atoms with Crippen LogP contribution in [-0.2, 0) is 6.42 Å². The second kappa shape index (κ2) is 5.81. The maximum Gasteiger partial charge on any atom is 0.0708 e. The Hall–Kier alpha value is -2.74. The lowest BCUT2D eigenvalue weighted by Crippen LogP contribution is -1.93. The molecule has 2 heterocycles. The predicted octanol–water partition coefficient (Wildman–Crippen LogP) is 5.16. The summed E-state index contributed by atoms with van der Waals surface area (Å²) in [5.41, 5.74) is 8.58. The summed E-state index contributed by atoms with van der Waals surface area (Å²) in [5.74, 6) is 0. The average molecular weight is 298 g/mol. The van der Waals surface area contributed by atoms with Crippen LogP contribution in [0.2, 0.25) is 0 Å². The number of pyridine rings is 2. The van der Waals surface area contributed by atoms with E-state index in [1.165, 1.54) is 22.3 Å². The lowest BCUT2D eigenvalue weighted by molar-refractivity contribution is 1.04. The second-order valence-electron chi connectivity index (χ2n) is 5.86. The fourth-order valence-corrected chi connectivity index (χ4v) is 3.17. The molecule has 2 heteroatoms. The van der Waals surface area contributed by atoms with Crippen LogP contribution < -0.4 is 0 Å². The van der Waals surface area contributed by atoms with Crippen molar-refractivity contribution < 1.29 is 0 Å². The Kier molecular flexibility index (Phi) is 3.51. The molecule has 2 aromatic heterocycles. The number of allylic oxidation sites excluding steroid dienone is 1. The molecule has 112 valence electrons. The van der Waals surface area contributed by atoms with Crippen molar-refractivity contribution in [3.63, 3.8) is 0 Å². The summed E-state index contributed by atoms with van der Waals surface area (Å²) in [6.45, 7) is 2.22. The topological polar surface area (TPSA) is 25.8 Å². The molecule has 0 N–H and O–H groups in total. The Labute approximate surface area is 136 Å². The smallest absolute Gasteiger partial charge is 0.0708 e. The van der Waals surface area contributed by atoms with Gasteiger partial charge in [0.05, 0.1) is 11.4 Å². The molecule has 1 aliphatic carbocycles. The normalized spacial score (nSPS) is 12.8. The third-order valence-corrected chi connectivity index (χ3v) is 4.39. The number of benzene rings is 1. The Morgan fingerprint density at radius 2 is 1.65 bits per heavy atom. The van der Waals surface area contributed by atoms with Crippen LogP contribution in [0.1, 0.15) is 24.5 Å². The highest BCUT2D eigenvalue weighted by Gasteiger charge is 2.18. The number of fused-ring (bicyclic) bond motifs is 1. The second-order valence-corrected chi connectivity index (χ2v) is 5.86. The lowest BCUT2D eigenvalue weighted by atomic mass is 9.95. The minimum atomic E-state index is 1.01. The summed E-state index contributed by atoms with van der Waals surface area (Å²) in [4.78, 5) is 9.07. The maximum absolute atomic E-state index is 4.56. The van der Waals surface area contributed by atoms with Gasteiger partial charge in [0.1, 0.15) is 0 Å². The molecule has 0 aliphatic heterocycles. The van der Waals surface area contributed by atoms with Crippen molar-refractivity contribution in [3.05, 3.63) is 77.6 Å². The van der Waals surface area contributed by atoms with E-state index in [-0.39, 0.29) is 0 Å². The lowest BCUT2D eigenvalue weighted by Gasteiger charge is -2.11. The molecular formula is C21H18N2. The molecule has 1 aliphatic rings. The van der Waals surface area contributed by atoms with Crippen molar-refractivity contribution in [1.82, 2.24) is 9.97 Å². The quantitative estimate of drug-likeness (QED) is 0.667. The molecule has 0 amide bonds. The van der Waals surface area contributed by atoms with E-state index < -0.39 is 0 Å². The van der Waals surface area contributed by atoms with Crippen LogP contribution in [0, 0.1) is 0 Å². The zero-order valence-corrected chi connectivity index (χ0v) is 13.2. The maximum atomic E-state index is 4.56. The molecule has 2 nitrogen and oxygen atoms in total. The van der Waals surface area contributed by atoms with Gasteiger partial charge in [0.2, 0.25) is 0 Å². The summed E-state index contributed by atoms with van der Waals surface area (Å²) in [7, 11) is 0. The van der Waals surface area contributed by atoms with Gasteiger partial charge in [-0.3, -0.25) is 9.97 Å². The molecular weight excluding hydrogens is 280 g/mol. The highest BCUT2D eigenvalue weighted by atomic mass is 14.7. The van der Waals surface area contributed by atoms with Crippen LogP contribution in [0.4, 0.5) is 0 Å². The van der Waals surface area contributed by atoms with E-state index >= 15 is 0 Å². The van der Waals surface area contributed by atoms with Gasteiger partial charge in [0.15, 0.2) is 0 Å². The monoisotopic (exact) mass is 298 g/mol. The van der Waals surface area contributed by atoms with Crippen LogP contribution in [0.15, 0.2) is 66.5 Å². The molecule has 0 spiro atoms. The van der Waals surface area contributed by atoms with Crippen molar-refractivity contribution in [1.29, 1.82) is 0 Å². The number of nitrogens with zero attached hydrogens (tertiary/aromatic N) is 2. The highest BCUT2D eigenvalue weighted by Crippen LogP contribution is 2.37. The van der Waals surface area contributed by atoms with Gasteiger partial charge in [-0.05, 0) is 60.4 Å². The minimum absolute atomic E-state index is 1.01. The van der Waals surface area contributed by atoms with E-state index in [1.807, 2.05) is 36.7 Å². The molecule has 3 aromatic rings. The molecule has 0 saturated heterocycles. The SMILES string of the molecule is CCC1=Cc2c(cc(-c3ccccn3)cc2-c2ccccn2)C1. The Morgan fingerprint density at radius 3 is 2.30 bits per heavy atom. The average Bonchev–Trinajstić information content (AvgIpc) is 3.05. The van der Waals surface area contributed by atoms with Crippen molar-refractivity contribution in [3.8, 4) is 22.5 Å². The minimum Gasteiger partial charge on any atom is -0.256 e. The molecule has 0 atom stereocenters. The zero-order valence-electron chi connectivity index (χ0n) is 13.2. The molecule has 1 aromatic carbocycles. The van der Waals surface area contributed by atoms with Gasteiger partial charge in [-0.25, -0.2) is 0 Å². The van der Waals surface area contributed by atoms with Gasteiger partial charge < -0.3 is 0 Å². The van der Waals surface area contributed by atoms with Crippen molar-refractivity contribution in [2.45, 2.75) is 19.8 Å². The number of aromatic nitrogens is 2. The Morgan fingerprint density at radius 1 is 0.913 bits per heavy atom. The largest absolute Gasteiger partial charge is 0.256 e. The van der Waals surface area contributed by atoms with E-state index in [2.05, 4.69) is 47.2 Å². The van der Waals surface area contributed by atoms with E-state index in [0.29, 0.717) is 0 Å². The predicted molar refractivity (Wildman–Crippen MR) is 94.9 cm³/mol. The first-order chi connectivity index (χ1) is 11.3. The fourth-order valence-electron chi connectivity index (χ4n) is 3.17. The van der Waals surface area contributed by atoms with Crippen LogP contribution >= 0.6 is 0 Å². The van der Waals surface area contributed by atoms with Gasteiger partial charge in [0.25, 0.3) is 0 Å². The van der Waals surface area contributed by atoms with E-state index in [0.717, 1.165) is 29.8 Å². The van der Waals surface area contributed by atoms with Crippen LogP contribution in [0.25, 0.3) is 28.6 Å². The molecule has 0 unspecified atom stereocenters. The van der Waals surface area contributed by atoms with Crippen LogP contribution in [-0.4, -0.2) is 9.97 Å². The molecule has 0 saturated carbocycles. The van der Waals surface area contributed by atoms with Gasteiger partial charge in [0, 0.05) is 23.5 Å². The number of hydrogen-bond donors (Lipinski definition) is 0. The van der Waals surface area contributed by atoms with Gasteiger partial charge in [-0.1, -0.05) is 30.7 Å². The van der Waals surface area contributed by atoms with Crippen molar-refractivity contribution in [2.75, 3.05) is 0 Å². The summed E-state index contributed by atoms with van der Waals surface area (Å²) < 4.78 is 0. The first-order valence-electron chi connectivity index (χ1n) is 8.04. The molecule has 0 bridgehead atoms. The molecule has 23 heavy (non-hydrogen) atoms. The highest BCUT2D eigenvalue weighted by molar-refractivity contribution is 5.83. The van der Waals surface area contributed by atoms with Gasteiger partial charge >= 0.3 is 0 Å². The molecule has 4 rings (SSSR count). The first-order valence-corrected chi connectivity index (χ1v) is 8.04. The molecule has 0 radical (unpaired) electrons. The van der Waals surface area contributed by atoms with Crippen molar-refractivity contribution in [2.24, 2.45) is 0 Å². The summed E-state index contributed by atoms with van der Waals surface area (Å²) >= 11 is 0. The first kappa shape index (κ1) is 13.9. The molecule has 0 fully saturated rings. The van der Waals surface area contributed by atoms with Gasteiger partial charge in [-0.15, -0.1) is 0 Å². The van der Waals surface area contributed by atoms with E-state index in [1.54, 1.807) is 0 Å². The number of rotatable bonds is 3. The van der Waals surface area contributed by atoms with Crippen molar-refractivity contribution >= 4 is 6.08 Å². The standard InChI is InChI=1S/C21H18N2/c1-2-15-11-16-13-17(20-7-3-5-9-22-20)14-19(18(16)12-15)21-8-4-6-10-23-21/h3-10,12-14H,2,11H2,1H3. The Bertz CT molecular complexity index is 865. The third kappa shape index (κ3) is 2.57.